The van der Waals surface area contributed by atoms with E-state index in [0.717, 1.165) is 11.1 Å². The number of nitrogens with two attached hydrogens (primary N) is 1. The average molecular weight is 469 g/mol. The maximum atomic E-state index is 11.7. The van der Waals surface area contributed by atoms with Gasteiger partial charge in [0.15, 0.2) is 5.82 Å². The molecule has 9 heteroatoms. The largest absolute Gasteiger partial charge is 0.353 e. The molecule has 9 nitrogen and oxygen atoms in total. The fourth-order valence-corrected chi connectivity index (χ4v) is 3.55. The van der Waals surface area contributed by atoms with Gasteiger partial charge in [-0.05, 0) is 24.1 Å². The Bertz CT molecular complexity index is 1240. The van der Waals surface area contributed by atoms with Gasteiger partial charge >= 0.3 is 0 Å². The molecule has 0 saturated heterocycles. The van der Waals surface area contributed by atoms with Gasteiger partial charge in [-0.3, -0.25) is 4.79 Å². The Balaban J connectivity index is 1.52. The van der Waals surface area contributed by atoms with Gasteiger partial charge in [0.25, 0.3) is 0 Å². The smallest absolute Gasteiger partial charge is 0.233 e. The summed E-state index contributed by atoms with van der Waals surface area (Å²) >= 11 is 0. The maximum Gasteiger partial charge on any atom is 0.233 e. The Hall–Kier alpha value is -4.37. The van der Waals surface area contributed by atoms with E-state index in [1.54, 1.807) is 12.4 Å². The van der Waals surface area contributed by atoms with E-state index in [1.165, 1.54) is 0 Å². The Morgan fingerprint density at radius 2 is 1.57 bits per heavy atom. The molecule has 1 atom stereocenters. The van der Waals surface area contributed by atoms with Gasteiger partial charge in [0.2, 0.25) is 11.9 Å². The van der Waals surface area contributed by atoms with Gasteiger partial charge in [-0.1, -0.05) is 60.7 Å². The van der Waals surface area contributed by atoms with Crippen molar-refractivity contribution in [2.45, 2.75) is 12.5 Å². The Kier molecular flexibility index (Phi) is 7.92. The van der Waals surface area contributed by atoms with Crippen LogP contribution >= 0.6 is 0 Å². The van der Waals surface area contributed by atoms with Gasteiger partial charge in [0.1, 0.15) is 11.6 Å². The van der Waals surface area contributed by atoms with Crippen LogP contribution in [0.5, 0.6) is 0 Å². The van der Waals surface area contributed by atoms with Crippen LogP contribution in [0.25, 0.3) is 11.4 Å². The topological polar surface area (TPSA) is 122 Å². The van der Waals surface area contributed by atoms with Crippen LogP contribution in [0, 0.1) is 0 Å². The standard InChI is InChI=1S/C26H28N8O/c1-34(22-12-14-28-25(32-22)20-10-6-3-7-11-20)23-13-15-29-26(33-23)31-21(18-30-24(35)17-27)16-19-8-4-2-5-9-19/h2-15,21H,16-18,27H2,1H3,(H,30,35)(H,29,31,33)/t21-/m1/s1. The molecule has 0 fully saturated rings. The minimum atomic E-state index is -0.211. The zero-order valence-corrected chi connectivity index (χ0v) is 19.5. The van der Waals surface area contributed by atoms with Gasteiger partial charge in [0.05, 0.1) is 12.6 Å². The van der Waals surface area contributed by atoms with Gasteiger partial charge < -0.3 is 21.3 Å². The third-order valence-electron chi connectivity index (χ3n) is 5.39. The highest BCUT2D eigenvalue weighted by atomic mass is 16.1. The van der Waals surface area contributed by atoms with E-state index in [9.17, 15) is 4.79 Å². The van der Waals surface area contributed by atoms with Crippen LogP contribution in [0.3, 0.4) is 0 Å². The molecule has 0 aliphatic carbocycles. The molecule has 2 aromatic carbocycles. The highest BCUT2D eigenvalue weighted by Crippen LogP contribution is 2.23. The molecule has 35 heavy (non-hydrogen) atoms. The second-order valence-corrected chi connectivity index (χ2v) is 7.94. The average Bonchev–Trinajstić information content (AvgIpc) is 2.92. The monoisotopic (exact) mass is 468 g/mol. The minimum Gasteiger partial charge on any atom is -0.353 e. The minimum absolute atomic E-state index is 0.0568. The van der Waals surface area contributed by atoms with E-state index in [1.807, 2.05) is 84.7 Å². The van der Waals surface area contributed by atoms with Gasteiger partial charge in [-0.15, -0.1) is 0 Å². The molecule has 2 heterocycles. The van der Waals surface area contributed by atoms with Crippen molar-refractivity contribution in [2.24, 2.45) is 5.73 Å². The molecule has 0 unspecified atom stereocenters. The number of rotatable bonds is 10. The first-order valence-electron chi connectivity index (χ1n) is 11.3. The molecule has 0 spiro atoms. The second kappa shape index (κ2) is 11.7. The van der Waals surface area contributed by atoms with E-state index in [4.69, 9.17) is 10.7 Å². The molecular formula is C26H28N8O. The number of hydrogen-bond acceptors (Lipinski definition) is 8. The van der Waals surface area contributed by atoms with Crippen molar-refractivity contribution in [3.63, 3.8) is 0 Å². The molecule has 2 aromatic heterocycles. The predicted molar refractivity (Wildman–Crippen MR) is 137 cm³/mol. The maximum absolute atomic E-state index is 11.7. The molecule has 0 radical (unpaired) electrons. The van der Waals surface area contributed by atoms with Crippen LogP contribution in [0.15, 0.2) is 85.2 Å². The van der Waals surface area contributed by atoms with E-state index in [2.05, 4.69) is 25.6 Å². The number of amides is 1. The van der Waals surface area contributed by atoms with Crippen LogP contribution in [-0.2, 0) is 11.2 Å². The van der Waals surface area contributed by atoms with Crippen molar-refractivity contribution >= 4 is 23.5 Å². The first-order valence-corrected chi connectivity index (χ1v) is 11.3. The number of aromatic nitrogens is 4. The summed E-state index contributed by atoms with van der Waals surface area (Å²) in [5.74, 6) is 2.26. The summed E-state index contributed by atoms with van der Waals surface area (Å²) in [6.07, 6.45) is 4.11. The summed E-state index contributed by atoms with van der Waals surface area (Å²) in [6, 6.07) is 23.4. The molecule has 4 N–H and O–H groups in total. The summed E-state index contributed by atoms with van der Waals surface area (Å²) in [4.78, 5) is 31.8. The lowest BCUT2D eigenvalue weighted by Crippen LogP contribution is -2.40. The summed E-state index contributed by atoms with van der Waals surface area (Å²) in [5.41, 5.74) is 7.52. The van der Waals surface area contributed by atoms with Gasteiger partial charge in [0, 0.05) is 31.5 Å². The van der Waals surface area contributed by atoms with Crippen LogP contribution in [0.4, 0.5) is 17.6 Å². The number of carbonyl (C=O) groups excluding carboxylic acids is 1. The zero-order valence-electron chi connectivity index (χ0n) is 19.5. The summed E-state index contributed by atoms with van der Waals surface area (Å²) in [5, 5.41) is 6.20. The Morgan fingerprint density at radius 3 is 2.29 bits per heavy atom. The van der Waals surface area contributed by atoms with E-state index in [0.29, 0.717) is 36.4 Å². The summed E-state index contributed by atoms with van der Waals surface area (Å²) < 4.78 is 0. The van der Waals surface area contributed by atoms with Crippen molar-refractivity contribution < 1.29 is 4.79 Å². The van der Waals surface area contributed by atoms with E-state index < -0.39 is 0 Å². The predicted octanol–water partition coefficient (Wildman–Crippen LogP) is 2.80. The molecule has 4 aromatic rings. The first-order chi connectivity index (χ1) is 17.1. The zero-order chi connectivity index (χ0) is 24.5. The van der Waals surface area contributed by atoms with E-state index >= 15 is 0 Å². The SMILES string of the molecule is CN(c1ccnc(N[C@@H](CNC(=O)CN)Cc2ccccc2)n1)c1ccnc(-c2ccccc2)n1. The van der Waals surface area contributed by atoms with Crippen LogP contribution in [0.1, 0.15) is 5.56 Å². The van der Waals surface area contributed by atoms with Crippen LogP contribution < -0.4 is 21.3 Å². The lowest BCUT2D eigenvalue weighted by atomic mass is 10.1. The summed E-state index contributed by atoms with van der Waals surface area (Å²) in [6.45, 7) is 0.333. The fourth-order valence-electron chi connectivity index (χ4n) is 3.55. The van der Waals surface area contributed by atoms with Crippen molar-refractivity contribution in [2.75, 3.05) is 30.4 Å². The number of nitrogens with one attached hydrogen (secondary N) is 2. The number of hydrogen-bond donors (Lipinski definition) is 3. The van der Waals surface area contributed by atoms with Crippen LogP contribution in [-0.4, -0.2) is 52.0 Å². The first kappa shape index (κ1) is 23.8. The fraction of sp³-hybridized carbons (Fsp3) is 0.192. The Morgan fingerprint density at radius 1 is 0.914 bits per heavy atom. The van der Waals surface area contributed by atoms with Crippen molar-refractivity contribution in [3.8, 4) is 11.4 Å². The van der Waals surface area contributed by atoms with Gasteiger partial charge in [-0.2, -0.15) is 4.98 Å². The molecule has 0 aliphatic rings. The van der Waals surface area contributed by atoms with Crippen LogP contribution in [0.2, 0.25) is 0 Å². The molecule has 4 rings (SSSR count). The van der Waals surface area contributed by atoms with Crippen molar-refractivity contribution in [1.82, 2.24) is 25.3 Å². The number of carbonyl (C=O) groups is 1. The third-order valence-corrected chi connectivity index (χ3v) is 5.39. The molecule has 178 valence electrons. The Labute approximate surface area is 204 Å². The number of benzene rings is 2. The summed E-state index contributed by atoms with van der Waals surface area (Å²) in [7, 11) is 1.89. The second-order valence-electron chi connectivity index (χ2n) is 7.94. The molecule has 0 saturated carbocycles. The third kappa shape index (κ3) is 6.58. The quantitative estimate of drug-likeness (QED) is 0.325. The molecule has 0 bridgehead atoms. The van der Waals surface area contributed by atoms with Crippen molar-refractivity contribution in [1.29, 1.82) is 0 Å². The van der Waals surface area contributed by atoms with Gasteiger partial charge in [-0.25, -0.2) is 15.0 Å². The molecule has 0 aliphatic heterocycles. The van der Waals surface area contributed by atoms with E-state index in [-0.39, 0.29) is 18.5 Å². The normalized spacial score (nSPS) is 11.5. The molecule has 1 amide bonds. The number of nitrogens with zero attached hydrogens (tertiary/aromatic N) is 5. The lowest BCUT2D eigenvalue weighted by molar-refractivity contribution is -0.119. The molecular weight excluding hydrogens is 440 g/mol. The number of anilines is 3. The highest BCUT2D eigenvalue weighted by Gasteiger charge is 2.15. The highest BCUT2D eigenvalue weighted by molar-refractivity contribution is 5.77. The lowest BCUT2D eigenvalue weighted by Gasteiger charge is -2.21. The van der Waals surface area contributed by atoms with Crippen molar-refractivity contribution in [3.05, 3.63) is 90.8 Å².